The van der Waals surface area contributed by atoms with Gasteiger partial charge in [-0.15, -0.1) is 0 Å². The second-order valence-electron chi connectivity index (χ2n) is 4.47. The normalized spacial score (nSPS) is 12.0. The highest BCUT2D eigenvalue weighted by Crippen LogP contribution is 2.20. The Morgan fingerprint density at radius 3 is 1.87 bits per heavy atom. The van der Waals surface area contributed by atoms with E-state index in [9.17, 15) is 0 Å². The lowest BCUT2D eigenvalue weighted by Gasteiger charge is -2.28. The van der Waals surface area contributed by atoms with Crippen molar-refractivity contribution in [2.45, 2.75) is 63.8 Å². The van der Waals surface area contributed by atoms with Gasteiger partial charge in [0.05, 0.1) is 0 Å². The average Bonchev–Trinajstić information content (AvgIpc) is 2.18. The van der Waals surface area contributed by atoms with Crippen LogP contribution in [0.4, 0.5) is 0 Å². The third-order valence-corrected chi connectivity index (χ3v) is 3.00. The monoisotopic (exact) mass is 217 g/mol. The van der Waals surface area contributed by atoms with E-state index in [1.54, 1.807) is 0 Å². The SMILES string of the molecule is CCCCCCCC(N)(CCO)CCO. The molecular weight excluding hydrogens is 190 g/mol. The number of rotatable bonds is 10. The van der Waals surface area contributed by atoms with Gasteiger partial charge in [0.25, 0.3) is 0 Å². The number of unbranched alkanes of at least 4 members (excludes halogenated alkanes) is 4. The van der Waals surface area contributed by atoms with Crippen molar-refractivity contribution >= 4 is 0 Å². The van der Waals surface area contributed by atoms with Gasteiger partial charge in [-0.3, -0.25) is 0 Å². The second kappa shape index (κ2) is 9.13. The lowest BCUT2D eigenvalue weighted by atomic mass is 9.87. The molecular formula is C12H27NO2. The molecule has 92 valence electrons. The molecule has 0 heterocycles. The van der Waals surface area contributed by atoms with Crippen molar-refractivity contribution in [2.75, 3.05) is 13.2 Å². The fourth-order valence-electron chi connectivity index (χ4n) is 1.90. The third kappa shape index (κ3) is 7.77. The summed E-state index contributed by atoms with van der Waals surface area (Å²) >= 11 is 0. The van der Waals surface area contributed by atoms with Crippen molar-refractivity contribution in [3.05, 3.63) is 0 Å². The van der Waals surface area contributed by atoms with Crippen LogP contribution >= 0.6 is 0 Å². The second-order valence-corrected chi connectivity index (χ2v) is 4.47. The van der Waals surface area contributed by atoms with Crippen LogP contribution in [0.1, 0.15) is 58.3 Å². The van der Waals surface area contributed by atoms with Gasteiger partial charge >= 0.3 is 0 Å². The minimum atomic E-state index is -0.351. The Kier molecular flexibility index (Phi) is 9.06. The zero-order valence-electron chi connectivity index (χ0n) is 10.0. The summed E-state index contributed by atoms with van der Waals surface area (Å²) in [5.41, 5.74) is 5.76. The van der Waals surface area contributed by atoms with Gasteiger partial charge in [-0.1, -0.05) is 39.0 Å². The molecule has 0 aliphatic rings. The number of hydrogen-bond acceptors (Lipinski definition) is 3. The molecule has 0 rings (SSSR count). The summed E-state index contributed by atoms with van der Waals surface area (Å²) in [6.07, 6.45) is 8.24. The van der Waals surface area contributed by atoms with Gasteiger partial charge in [0, 0.05) is 18.8 Å². The molecule has 0 atom stereocenters. The molecule has 0 aliphatic carbocycles. The predicted octanol–water partition coefficient (Wildman–Crippen LogP) is 1.81. The van der Waals surface area contributed by atoms with E-state index in [4.69, 9.17) is 15.9 Å². The topological polar surface area (TPSA) is 66.5 Å². The maximum absolute atomic E-state index is 8.91. The standard InChI is InChI=1S/C12H27NO2/c1-2-3-4-5-6-7-12(13,8-10-14)9-11-15/h14-15H,2-11,13H2,1H3. The van der Waals surface area contributed by atoms with Gasteiger partial charge in [0.1, 0.15) is 0 Å². The van der Waals surface area contributed by atoms with Crippen molar-refractivity contribution in [2.24, 2.45) is 5.73 Å². The van der Waals surface area contributed by atoms with Crippen molar-refractivity contribution in [1.29, 1.82) is 0 Å². The van der Waals surface area contributed by atoms with Crippen LogP contribution in [0.25, 0.3) is 0 Å². The fraction of sp³-hybridized carbons (Fsp3) is 1.00. The van der Waals surface area contributed by atoms with Crippen molar-refractivity contribution in [3.63, 3.8) is 0 Å². The molecule has 4 N–H and O–H groups in total. The highest BCUT2D eigenvalue weighted by Gasteiger charge is 2.22. The molecule has 0 saturated heterocycles. The number of aliphatic hydroxyl groups excluding tert-OH is 2. The molecule has 0 amide bonds. The van der Waals surface area contributed by atoms with Gasteiger partial charge in [-0.05, 0) is 19.3 Å². The third-order valence-electron chi connectivity index (χ3n) is 3.00. The van der Waals surface area contributed by atoms with Gasteiger partial charge in [0.2, 0.25) is 0 Å². The average molecular weight is 217 g/mol. The molecule has 0 aliphatic heterocycles. The van der Waals surface area contributed by atoms with Gasteiger partial charge in [-0.25, -0.2) is 0 Å². The van der Waals surface area contributed by atoms with Crippen molar-refractivity contribution < 1.29 is 10.2 Å². The Balaban J connectivity index is 3.65. The van der Waals surface area contributed by atoms with E-state index in [0.717, 1.165) is 12.8 Å². The molecule has 0 saturated carbocycles. The number of aliphatic hydroxyl groups is 2. The quantitative estimate of drug-likeness (QED) is 0.489. The summed E-state index contributed by atoms with van der Waals surface area (Å²) in [5.74, 6) is 0. The molecule has 0 aromatic rings. The van der Waals surface area contributed by atoms with Gasteiger partial charge in [0.15, 0.2) is 0 Å². The Morgan fingerprint density at radius 2 is 1.40 bits per heavy atom. The highest BCUT2D eigenvalue weighted by atomic mass is 16.3. The summed E-state index contributed by atoms with van der Waals surface area (Å²) in [5, 5.41) is 17.8. The van der Waals surface area contributed by atoms with Crippen LogP contribution in [0, 0.1) is 0 Å². The predicted molar refractivity (Wildman–Crippen MR) is 63.7 cm³/mol. The Morgan fingerprint density at radius 1 is 0.867 bits per heavy atom. The lowest BCUT2D eigenvalue weighted by molar-refractivity contribution is 0.183. The first-order valence-electron chi connectivity index (χ1n) is 6.19. The summed E-state index contributed by atoms with van der Waals surface area (Å²) in [6, 6.07) is 0. The van der Waals surface area contributed by atoms with Crippen LogP contribution in [-0.2, 0) is 0 Å². The van der Waals surface area contributed by atoms with Crippen LogP contribution in [-0.4, -0.2) is 29.0 Å². The highest BCUT2D eigenvalue weighted by molar-refractivity contribution is 4.83. The van der Waals surface area contributed by atoms with E-state index in [1.165, 1.54) is 25.7 Å². The Bertz CT molecular complexity index is 134. The molecule has 0 aromatic heterocycles. The minimum absolute atomic E-state index is 0.117. The van der Waals surface area contributed by atoms with E-state index in [0.29, 0.717) is 12.8 Å². The smallest absolute Gasteiger partial charge is 0.0448 e. The molecule has 0 bridgehead atoms. The van der Waals surface area contributed by atoms with Crippen LogP contribution in [0.5, 0.6) is 0 Å². The summed E-state index contributed by atoms with van der Waals surface area (Å²) in [6.45, 7) is 2.43. The first kappa shape index (κ1) is 14.9. The first-order chi connectivity index (χ1) is 7.18. The van der Waals surface area contributed by atoms with E-state index in [2.05, 4.69) is 6.92 Å². The Hall–Kier alpha value is -0.120. The zero-order valence-corrected chi connectivity index (χ0v) is 10.0. The molecule has 0 unspecified atom stereocenters. The van der Waals surface area contributed by atoms with E-state index in [1.807, 2.05) is 0 Å². The van der Waals surface area contributed by atoms with Gasteiger partial charge in [-0.2, -0.15) is 0 Å². The number of nitrogens with two attached hydrogens (primary N) is 1. The molecule has 0 spiro atoms. The fourth-order valence-corrected chi connectivity index (χ4v) is 1.90. The van der Waals surface area contributed by atoms with E-state index >= 15 is 0 Å². The van der Waals surface area contributed by atoms with Crippen LogP contribution < -0.4 is 5.73 Å². The largest absolute Gasteiger partial charge is 0.396 e. The maximum atomic E-state index is 8.91. The lowest BCUT2D eigenvalue weighted by Crippen LogP contribution is -2.41. The van der Waals surface area contributed by atoms with Crippen LogP contribution in [0.15, 0.2) is 0 Å². The van der Waals surface area contributed by atoms with Crippen molar-refractivity contribution in [3.8, 4) is 0 Å². The molecule has 15 heavy (non-hydrogen) atoms. The molecule has 3 heteroatoms. The molecule has 0 aromatic carbocycles. The summed E-state index contributed by atoms with van der Waals surface area (Å²) in [4.78, 5) is 0. The summed E-state index contributed by atoms with van der Waals surface area (Å²) in [7, 11) is 0. The van der Waals surface area contributed by atoms with Crippen molar-refractivity contribution in [1.82, 2.24) is 0 Å². The van der Waals surface area contributed by atoms with Crippen LogP contribution in [0.3, 0.4) is 0 Å². The number of hydrogen-bond donors (Lipinski definition) is 3. The van der Waals surface area contributed by atoms with Crippen LogP contribution in [0.2, 0.25) is 0 Å². The van der Waals surface area contributed by atoms with E-state index in [-0.39, 0.29) is 18.8 Å². The Labute approximate surface area is 93.7 Å². The first-order valence-corrected chi connectivity index (χ1v) is 6.19. The van der Waals surface area contributed by atoms with E-state index < -0.39 is 0 Å². The molecule has 3 nitrogen and oxygen atoms in total. The maximum Gasteiger partial charge on any atom is 0.0448 e. The minimum Gasteiger partial charge on any atom is -0.396 e. The van der Waals surface area contributed by atoms with Gasteiger partial charge < -0.3 is 15.9 Å². The summed E-state index contributed by atoms with van der Waals surface area (Å²) < 4.78 is 0. The molecule has 0 radical (unpaired) electrons. The molecule has 0 fully saturated rings. The zero-order chi connectivity index (χ0) is 11.6.